The largest absolute Gasteiger partial charge is 0.459 e. The molecule has 0 aromatic carbocycles. The summed E-state index contributed by atoms with van der Waals surface area (Å²) in [5, 5.41) is 0. The van der Waals surface area contributed by atoms with E-state index in [1.54, 1.807) is 13.2 Å². The fourth-order valence-electron chi connectivity index (χ4n) is 1.41. The van der Waals surface area contributed by atoms with E-state index >= 15 is 0 Å². The Labute approximate surface area is 94.9 Å². The second kappa shape index (κ2) is 7.08. The van der Waals surface area contributed by atoms with E-state index in [1.807, 2.05) is 6.08 Å². The molecule has 0 spiro atoms. The average molecular weight is 230 g/mol. The van der Waals surface area contributed by atoms with Crippen molar-refractivity contribution in [2.24, 2.45) is 5.73 Å². The first-order valence-electron chi connectivity index (χ1n) is 5.32. The SMILES string of the molecule is C1=COC2OCCCN2C1.CCOC(N)=O. The number of hydrogen-bond acceptors (Lipinski definition) is 5. The van der Waals surface area contributed by atoms with Crippen LogP contribution in [0, 0.1) is 0 Å². The normalized spacial score (nSPS) is 23.4. The molecule has 1 atom stereocenters. The Bertz CT molecular complexity index is 229. The molecule has 6 heteroatoms. The molecule has 0 aromatic heterocycles. The second-order valence-electron chi connectivity index (χ2n) is 3.29. The van der Waals surface area contributed by atoms with Crippen LogP contribution in [0.3, 0.4) is 0 Å². The molecule has 6 nitrogen and oxygen atoms in total. The summed E-state index contributed by atoms with van der Waals surface area (Å²) in [6.07, 6.45) is 4.03. The van der Waals surface area contributed by atoms with Crippen LogP contribution >= 0.6 is 0 Å². The quantitative estimate of drug-likeness (QED) is 0.715. The molecular formula is C10H18N2O4. The number of primary amides is 1. The van der Waals surface area contributed by atoms with Gasteiger partial charge in [0, 0.05) is 13.1 Å². The first kappa shape index (κ1) is 12.8. The maximum atomic E-state index is 9.60. The topological polar surface area (TPSA) is 74.0 Å². The Morgan fingerprint density at radius 2 is 2.50 bits per heavy atom. The first-order chi connectivity index (χ1) is 7.74. The van der Waals surface area contributed by atoms with Crippen molar-refractivity contribution >= 4 is 6.09 Å². The van der Waals surface area contributed by atoms with Gasteiger partial charge in [0.25, 0.3) is 6.41 Å². The van der Waals surface area contributed by atoms with Gasteiger partial charge in [-0.3, -0.25) is 0 Å². The zero-order chi connectivity index (χ0) is 11.8. The van der Waals surface area contributed by atoms with Crippen LogP contribution in [-0.2, 0) is 14.2 Å². The summed E-state index contributed by atoms with van der Waals surface area (Å²) < 4.78 is 14.7. The molecule has 1 saturated heterocycles. The molecule has 0 aliphatic carbocycles. The molecule has 1 unspecified atom stereocenters. The number of nitrogens with two attached hydrogens (primary N) is 1. The maximum Gasteiger partial charge on any atom is 0.404 e. The van der Waals surface area contributed by atoms with Crippen molar-refractivity contribution in [3.63, 3.8) is 0 Å². The zero-order valence-electron chi connectivity index (χ0n) is 9.43. The Kier molecular flexibility index (Phi) is 5.66. The van der Waals surface area contributed by atoms with E-state index in [0.717, 1.165) is 26.1 Å². The Morgan fingerprint density at radius 3 is 3.06 bits per heavy atom. The summed E-state index contributed by atoms with van der Waals surface area (Å²) in [6.45, 7) is 4.94. The summed E-state index contributed by atoms with van der Waals surface area (Å²) in [5.41, 5.74) is 4.54. The van der Waals surface area contributed by atoms with E-state index in [9.17, 15) is 4.79 Å². The number of carbonyl (C=O) groups excluding carboxylic acids is 1. The van der Waals surface area contributed by atoms with Gasteiger partial charge in [0.1, 0.15) is 0 Å². The Morgan fingerprint density at radius 1 is 1.69 bits per heavy atom. The number of hydrogen-bond donors (Lipinski definition) is 1. The van der Waals surface area contributed by atoms with Crippen molar-refractivity contribution in [1.82, 2.24) is 4.90 Å². The Balaban J connectivity index is 0.000000187. The lowest BCUT2D eigenvalue weighted by atomic mass is 10.3. The van der Waals surface area contributed by atoms with Crippen molar-refractivity contribution < 1.29 is 19.0 Å². The third-order valence-corrected chi connectivity index (χ3v) is 2.07. The van der Waals surface area contributed by atoms with Gasteiger partial charge in [-0.15, -0.1) is 0 Å². The molecule has 1 fully saturated rings. The minimum atomic E-state index is -0.711. The minimum absolute atomic E-state index is 0.0984. The summed E-state index contributed by atoms with van der Waals surface area (Å²) in [7, 11) is 0. The monoisotopic (exact) mass is 230 g/mol. The van der Waals surface area contributed by atoms with E-state index in [-0.39, 0.29) is 6.41 Å². The van der Waals surface area contributed by atoms with E-state index in [4.69, 9.17) is 9.47 Å². The molecule has 0 radical (unpaired) electrons. The molecule has 2 aliphatic rings. The van der Waals surface area contributed by atoms with Gasteiger partial charge in [-0.05, 0) is 19.4 Å². The van der Waals surface area contributed by atoms with Gasteiger partial charge in [0.2, 0.25) is 0 Å². The molecule has 1 amide bonds. The number of rotatable bonds is 1. The van der Waals surface area contributed by atoms with Gasteiger partial charge in [0.15, 0.2) is 0 Å². The van der Waals surface area contributed by atoms with Crippen LogP contribution in [-0.4, -0.2) is 43.7 Å². The van der Waals surface area contributed by atoms with Gasteiger partial charge in [-0.1, -0.05) is 0 Å². The van der Waals surface area contributed by atoms with E-state index in [0.29, 0.717) is 6.61 Å². The fourth-order valence-corrected chi connectivity index (χ4v) is 1.41. The van der Waals surface area contributed by atoms with Crippen LogP contribution < -0.4 is 5.73 Å². The number of carbonyl (C=O) groups is 1. The second-order valence-corrected chi connectivity index (χ2v) is 3.29. The minimum Gasteiger partial charge on any atom is -0.459 e. The first-order valence-corrected chi connectivity index (χ1v) is 5.32. The number of nitrogens with zero attached hydrogens (tertiary/aromatic N) is 1. The van der Waals surface area contributed by atoms with Crippen LogP contribution in [0.4, 0.5) is 4.79 Å². The van der Waals surface area contributed by atoms with E-state index < -0.39 is 6.09 Å². The molecular weight excluding hydrogens is 212 g/mol. The van der Waals surface area contributed by atoms with Crippen molar-refractivity contribution in [3.8, 4) is 0 Å². The van der Waals surface area contributed by atoms with Gasteiger partial charge in [-0.25, -0.2) is 9.69 Å². The molecule has 2 N–H and O–H groups in total. The number of fused-ring (bicyclic) bond motifs is 1. The van der Waals surface area contributed by atoms with Gasteiger partial charge >= 0.3 is 6.09 Å². The van der Waals surface area contributed by atoms with Crippen LogP contribution in [0.25, 0.3) is 0 Å². The van der Waals surface area contributed by atoms with Gasteiger partial charge in [-0.2, -0.15) is 0 Å². The predicted molar refractivity (Wildman–Crippen MR) is 57.4 cm³/mol. The van der Waals surface area contributed by atoms with Crippen molar-refractivity contribution in [2.45, 2.75) is 19.8 Å². The van der Waals surface area contributed by atoms with Gasteiger partial charge in [0.05, 0.1) is 19.5 Å². The molecule has 0 saturated carbocycles. The third-order valence-electron chi connectivity index (χ3n) is 2.07. The summed E-state index contributed by atoms with van der Waals surface area (Å²) >= 11 is 0. The molecule has 16 heavy (non-hydrogen) atoms. The van der Waals surface area contributed by atoms with Crippen molar-refractivity contribution in [1.29, 1.82) is 0 Å². The highest BCUT2D eigenvalue weighted by Gasteiger charge is 2.24. The van der Waals surface area contributed by atoms with Crippen molar-refractivity contribution in [3.05, 3.63) is 12.3 Å². The lowest BCUT2D eigenvalue weighted by Crippen LogP contribution is -2.45. The maximum absolute atomic E-state index is 9.60. The highest BCUT2D eigenvalue weighted by molar-refractivity contribution is 5.64. The van der Waals surface area contributed by atoms with Gasteiger partial charge < -0.3 is 19.9 Å². The van der Waals surface area contributed by atoms with Crippen LogP contribution in [0.1, 0.15) is 13.3 Å². The average Bonchev–Trinajstić information content (AvgIpc) is 2.30. The molecule has 2 aliphatic heterocycles. The standard InChI is InChI=1S/C7H11NO2.C3H7NO2/c1-3-8-4-2-6-10-7(8)9-5-1;1-2-6-3(4)5/h1,5,7H,2-4,6H2;2H2,1H3,(H2,4,5). The number of amides is 1. The van der Waals surface area contributed by atoms with E-state index in [1.165, 1.54) is 0 Å². The molecule has 0 aromatic rings. The number of ether oxygens (including phenoxy) is 3. The summed E-state index contributed by atoms with van der Waals surface area (Å²) in [6, 6.07) is 0. The molecule has 2 heterocycles. The van der Waals surface area contributed by atoms with Crippen LogP contribution in [0.15, 0.2) is 12.3 Å². The summed E-state index contributed by atoms with van der Waals surface area (Å²) in [4.78, 5) is 11.8. The van der Waals surface area contributed by atoms with Crippen LogP contribution in [0.5, 0.6) is 0 Å². The zero-order valence-corrected chi connectivity index (χ0v) is 9.43. The molecule has 92 valence electrons. The fraction of sp³-hybridized carbons (Fsp3) is 0.700. The third kappa shape index (κ3) is 4.50. The van der Waals surface area contributed by atoms with Crippen molar-refractivity contribution in [2.75, 3.05) is 26.3 Å². The van der Waals surface area contributed by atoms with E-state index in [2.05, 4.69) is 15.4 Å². The Hall–Kier alpha value is -1.27. The highest BCUT2D eigenvalue weighted by atomic mass is 16.7. The highest BCUT2D eigenvalue weighted by Crippen LogP contribution is 2.14. The molecule has 0 bridgehead atoms. The lowest BCUT2D eigenvalue weighted by molar-refractivity contribution is -0.223. The predicted octanol–water partition coefficient (Wildman–Crippen LogP) is 0.638. The molecule has 2 rings (SSSR count). The smallest absolute Gasteiger partial charge is 0.404 e. The lowest BCUT2D eigenvalue weighted by Gasteiger charge is -2.35. The summed E-state index contributed by atoms with van der Waals surface area (Å²) in [5.74, 6) is 0. The van der Waals surface area contributed by atoms with Crippen LogP contribution in [0.2, 0.25) is 0 Å².